The van der Waals surface area contributed by atoms with Crippen LogP contribution in [0, 0.1) is 0 Å². The fourth-order valence-electron chi connectivity index (χ4n) is 3.82. The molecule has 0 spiro atoms. The summed E-state index contributed by atoms with van der Waals surface area (Å²) < 4.78 is 5.48. The minimum atomic E-state index is -0.305. The summed E-state index contributed by atoms with van der Waals surface area (Å²) in [5.74, 6) is 1.14. The van der Waals surface area contributed by atoms with Crippen molar-refractivity contribution in [2.75, 3.05) is 21.2 Å². The zero-order chi connectivity index (χ0) is 22.1. The van der Waals surface area contributed by atoms with Gasteiger partial charge in [-0.25, -0.2) is 4.99 Å². The van der Waals surface area contributed by atoms with Gasteiger partial charge in [0.1, 0.15) is 24.0 Å². The lowest BCUT2D eigenvalue weighted by molar-refractivity contribution is -0.111. The molecule has 0 aromatic heterocycles. The highest BCUT2D eigenvalue weighted by Gasteiger charge is 2.33. The molecule has 30 heavy (non-hydrogen) atoms. The fourth-order valence-corrected chi connectivity index (χ4v) is 3.82. The van der Waals surface area contributed by atoms with Crippen molar-refractivity contribution in [1.29, 1.82) is 0 Å². The molecule has 0 saturated heterocycles. The van der Waals surface area contributed by atoms with Crippen molar-refractivity contribution in [2.45, 2.75) is 51.1 Å². The van der Waals surface area contributed by atoms with E-state index in [0.717, 1.165) is 44.0 Å². The van der Waals surface area contributed by atoms with Crippen LogP contribution in [0.1, 0.15) is 49.4 Å². The predicted molar refractivity (Wildman–Crippen MR) is 121 cm³/mol. The van der Waals surface area contributed by atoms with Crippen LogP contribution in [0.15, 0.2) is 40.1 Å². The summed E-state index contributed by atoms with van der Waals surface area (Å²) in [7, 11) is 5.37. The molecule has 1 fully saturated rings. The van der Waals surface area contributed by atoms with Gasteiger partial charge in [0.25, 0.3) is 0 Å². The lowest BCUT2D eigenvalue weighted by Crippen LogP contribution is -2.49. The Morgan fingerprint density at radius 2 is 2.00 bits per heavy atom. The Balaban J connectivity index is 2.73. The van der Waals surface area contributed by atoms with E-state index in [2.05, 4.69) is 16.6 Å². The maximum Gasteiger partial charge on any atom is 0.155 e. The molecule has 1 unspecified atom stereocenters. The highest BCUT2D eigenvalue weighted by atomic mass is 16.5. The van der Waals surface area contributed by atoms with Gasteiger partial charge in [0.2, 0.25) is 0 Å². The second-order valence-corrected chi connectivity index (χ2v) is 7.53. The average Bonchev–Trinajstić information content (AvgIpc) is 3.28. The normalized spacial score (nSPS) is 16.1. The van der Waals surface area contributed by atoms with Crippen LogP contribution >= 0.6 is 0 Å². The summed E-state index contributed by atoms with van der Waals surface area (Å²) in [4.78, 5) is 36.2. The SMILES string of the molecule is C=N/C=C(\C(=Nc1ccc(C=O)cc1OC)N(C(C=O)CC)C1CCCC1)N(C)C. The molecule has 1 saturated carbocycles. The van der Waals surface area contributed by atoms with E-state index >= 15 is 0 Å². The first kappa shape index (κ1) is 23.3. The third-order valence-corrected chi connectivity index (χ3v) is 5.39. The molecule has 1 aliphatic rings. The molecule has 7 heteroatoms. The average molecular weight is 413 g/mol. The lowest BCUT2D eigenvalue weighted by atomic mass is 10.1. The molecule has 1 aliphatic carbocycles. The minimum Gasteiger partial charge on any atom is -0.494 e. The number of hydrogen-bond donors (Lipinski definition) is 0. The summed E-state index contributed by atoms with van der Waals surface area (Å²) in [5.41, 5.74) is 1.84. The number of carbonyl (C=O) groups excluding carboxylic acids is 2. The third kappa shape index (κ3) is 5.34. The Labute approximate surface area is 179 Å². The molecule has 2 rings (SSSR count). The summed E-state index contributed by atoms with van der Waals surface area (Å²) >= 11 is 0. The van der Waals surface area contributed by atoms with Gasteiger partial charge in [-0.05, 0) is 44.2 Å². The van der Waals surface area contributed by atoms with E-state index in [4.69, 9.17) is 9.73 Å². The van der Waals surface area contributed by atoms with Crippen molar-refractivity contribution in [3.63, 3.8) is 0 Å². The molecule has 0 aliphatic heterocycles. The van der Waals surface area contributed by atoms with Crippen LogP contribution in [-0.2, 0) is 4.79 Å². The number of methoxy groups -OCH3 is 1. The van der Waals surface area contributed by atoms with Crippen LogP contribution < -0.4 is 4.74 Å². The molecule has 0 N–H and O–H groups in total. The smallest absolute Gasteiger partial charge is 0.155 e. The number of aldehydes is 2. The molecule has 0 heterocycles. The molecule has 162 valence electrons. The zero-order valence-corrected chi connectivity index (χ0v) is 18.4. The van der Waals surface area contributed by atoms with Crippen LogP contribution in [0.2, 0.25) is 0 Å². The van der Waals surface area contributed by atoms with Crippen molar-refractivity contribution in [3.05, 3.63) is 35.7 Å². The molecule has 0 bridgehead atoms. The van der Waals surface area contributed by atoms with E-state index < -0.39 is 0 Å². The third-order valence-electron chi connectivity index (χ3n) is 5.39. The van der Waals surface area contributed by atoms with E-state index in [9.17, 15) is 9.59 Å². The second-order valence-electron chi connectivity index (χ2n) is 7.53. The highest BCUT2D eigenvalue weighted by molar-refractivity contribution is 6.01. The quantitative estimate of drug-likeness (QED) is 0.331. The van der Waals surface area contributed by atoms with Gasteiger partial charge in [0, 0.05) is 25.7 Å². The number of carbonyl (C=O) groups is 2. The van der Waals surface area contributed by atoms with Crippen molar-refractivity contribution >= 4 is 30.8 Å². The van der Waals surface area contributed by atoms with Gasteiger partial charge in [-0.15, -0.1) is 0 Å². The van der Waals surface area contributed by atoms with Crippen molar-refractivity contribution in [3.8, 4) is 5.75 Å². The summed E-state index contributed by atoms with van der Waals surface area (Å²) in [5, 5.41) is 0. The van der Waals surface area contributed by atoms with E-state index in [1.807, 2.05) is 25.9 Å². The zero-order valence-electron chi connectivity index (χ0n) is 18.4. The van der Waals surface area contributed by atoms with Crippen LogP contribution in [0.5, 0.6) is 5.75 Å². The van der Waals surface area contributed by atoms with Gasteiger partial charge in [-0.1, -0.05) is 19.8 Å². The topological polar surface area (TPSA) is 74.6 Å². The Bertz CT molecular complexity index is 811. The molecule has 1 aromatic rings. The highest BCUT2D eigenvalue weighted by Crippen LogP contribution is 2.33. The number of nitrogens with zero attached hydrogens (tertiary/aromatic N) is 4. The Hall–Kier alpha value is -2.96. The van der Waals surface area contributed by atoms with Gasteiger partial charge in [0.15, 0.2) is 5.84 Å². The number of rotatable bonds is 10. The van der Waals surface area contributed by atoms with Crippen LogP contribution in [0.4, 0.5) is 5.69 Å². The predicted octanol–water partition coefficient (Wildman–Crippen LogP) is 3.86. The largest absolute Gasteiger partial charge is 0.494 e. The van der Waals surface area contributed by atoms with Crippen molar-refractivity contribution < 1.29 is 14.3 Å². The lowest BCUT2D eigenvalue weighted by Gasteiger charge is -2.38. The standard InChI is InChI=1S/C23H32N4O3/c1-6-18(16-29)27(19-9-7-8-10-19)23(21(14-24-2)26(3)4)25-20-12-11-17(15-28)13-22(20)30-5/h11-16,18-19H,2,6-10H2,1,3-5H3/b21-14+,25-23?. The molecule has 1 aromatic carbocycles. The Morgan fingerprint density at radius 3 is 2.50 bits per heavy atom. The molecule has 0 radical (unpaired) electrons. The van der Waals surface area contributed by atoms with E-state index in [1.54, 1.807) is 31.5 Å². The minimum absolute atomic E-state index is 0.215. The first-order valence-corrected chi connectivity index (χ1v) is 10.3. The van der Waals surface area contributed by atoms with Crippen LogP contribution in [0.25, 0.3) is 0 Å². The van der Waals surface area contributed by atoms with Gasteiger partial charge in [-0.3, -0.25) is 9.79 Å². The number of hydrogen-bond acceptors (Lipinski definition) is 6. The number of ether oxygens (including phenoxy) is 1. The summed E-state index contributed by atoms with van der Waals surface area (Å²) in [6, 6.07) is 5.03. The second kappa shape index (κ2) is 11.3. The van der Waals surface area contributed by atoms with E-state index in [0.29, 0.717) is 29.3 Å². The number of aliphatic imine (C=N–C) groups is 2. The Morgan fingerprint density at radius 1 is 1.30 bits per heavy atom. The van der Waals surface area contributed by atoms with Crippen LogP contribution in [0.3, 0.4) is 0 Å². The molecular weight excluding hydrogens is 380 g/mol. The van der Waals surface area contributed by atoms with Crippen molar-refractivity contribution in [2.24, 2.45) is 9.98 Å². The van der Waals surface area contributed by atoms with Crippen LogP contribution in [-0.4, -0.2) is 68.2 Å². The Kier molecular flexibility index (Phi) is 8.77. The monoisotopic (exact) mass is 412 g/mol. The maximum absolute atomic E-state index is 12.0. The van der Waals surface area contributed by atoms with Gasteiger partial charge in [0.05, 0.1) is 25.0 Å². The molecule has 0 amide bonds. The molecular formula is C23H32N4O3. The molecule has 7 nitrogen and oxygen atoms in total. The summed E-state index contributed by atoms with van der Waals surface area (Å²) in [6.07, 6.45) is 8.36. The first-order chi connectivity index (χ1) is 14.5. The maximum atomic E-state index is 12.0. The van der Waals surface area contributed by atoms with Crippen molar-refractivity contribution in [1.82, 2.24) is 9.80 Å². The summed E-state index contributed by atoms with van der Waals surface area (Å²) in [6.45, 7) is 5.61. The van der Waals surface area contributed by atoms with Gasteiger partial charge < -0.3 is 19.3 Å². The first-order valence-electron chi connectivity index (χ1n) is 10.3. The van der Waals surface area contributed by atoms with E-state index in [1.165, 1.54) is 0 Å². The number of benzene rings is 1. The van der Waals surface area contributed by atoms with E-state index in [-0.39, 0.29) is 12.1 Å². The molecule has 1 atom stereocenters. The van der Waals surface area contributed by atoms with Gasteiger partial charge in [-0.2, -0.15) is 0 Å². The van der Waals surface area contributed by atoms with Gasteiger partial charge >= 0.3 is 0 Å². The number of amidine groups is 1. The fraction of sp³-hybridized carbons (Fsp3) is 0.478. The number of likely N-dealkylation sites (N-methyl/N-ethyl adjacent to an activating group) is 1.